The highest BCUT2D eigenvalue weighted by Gasteiger charge is 2.16. The van der Waals surface area contributed by atoms with Gasteiger partial charge in [0, 0.05) is 26.1 Å². The summed E-state index contributed by atoms with van der Waals surface area (Å²) in [7, 11) is 0. The number of piperidine rings is 1. The van der Waals surface area contributed by atoms with E-state index in [-0.39, 0.29) is 16.7 Å². The van der Waals surface area contributed by atoms with Crippen LogP contribution in [0.15, 0.2) is 12.1 Å². The fraction of sp³-hybridized carbons (Fsp3) is 0.538. The number of hydrogen-bond donors (Lipinski definition) is 1. The number of pyridine rings is 1. The Kier molecular flexibility index (Phi) is 5.32. The number of rotatable bonds is 5. The van der Waals surface area contributed by atoms with Crippen LogP contribution >= 0.6 is 11.6 Å². The van der Waals surface area contributed by atoms with E-state index in [9.17, 15) is 14.9 Å². The zero-order chi connectivity index (χ0) is 15.2. The smallest absolute Gasteiger partial charge is 0.276 e. The Hall–Kier alpha value is -1.89. The number of carbonyl (C=O) groups excluding carboxylic acids is 1. The highest BCUT2D eigenvalue weighted by atomic mass is 35.5. The van der Waals surface area contributed by atoms with E-state index in [0.29, 0.717) is 18.8 Å². The predicted octanol–water partition coefficient (Wildman–Crippen LogP) is 2.46. The topological polar surface area (TPSA) is 88.4 Å². The van der Waals surface area contributed by atoms with Gasteiger partial charge < -0.3 is 10.2 Å². The first kappa shape index (κ1) is 15.5. The van der Waals surface area contributed by atoms with E-state index in [1.807, 2.05) is 4.90 Å². The van der Waals surface area contributed by atoms with Crippen molar-refractivity contribution in [2.24, 2.45) is 0 Å². The second-order valence-corrected chi connectivity index (χ2v) is 5.30. The number of halogens is 1. The molecule has 0 radical (unpaired) electrons. The van der Waals surface area contributed by atoms with E-state index in [4.69, 9.17) is 11.6 Å². The molecule has 1 fully saturated rings. The zero-order valence-electron chi connectivity index (χ0n) is 11.5. The number of amides is 1. The summed E-state index contributed by atoms with van der Waals surface area (Å²) in [6, 6.07) is 2.49. The van der Waals surface area contributed by atoms with Crippen LogP contribution in [-0.2, 0) is 4.79 Å². The van der Waals surface area contributed by atoms with Crippen molar-refractivity contribution < 1.29 is 9.72 Å². The van der Waals surface area contributed by atoms with Gasteiger partial charge in [-0.2, -0.15) is 0 Å². The molecule has 114 valence electrons. The fourth-order valence-electron chi connectivity index (χ4n) is 2.28. The Balaban J connectivity index is 1.85. The first-order valence-electron chi connectivity index (χ1n) is 6.90. The summed E-state index contributed by atoms with van der Waals surface area (Å²) in [4.78, 5) is 28.0. The standard InChI is InChI=1S/C13H17ClN4O3/c14-11-8-10(18(20)21)9-12(16-11)15-5-4-13(19)17-6-2-1-3-7-17/h8-9H,1-7H2,(H,15,16). The average molecular weight is 313 g/mol. The van der Waals surface area contributed by atoms with Crippen LogP contribution in [0.5, 0.6) is 0 Å². The lowest BCUT2D eigenvalue weighted by molar-refractivity contribution is -0.384. The maximum Gasteiger partial charge on any atom is 0.276 e. The van der Waals surface area contributed by atoms with Gasteiger partial charge in [0.1, 0.15) is 11.0 Å². The third-order valence-electron chi connectivity index (χ3n) is 3.34. The van der Waals surface area contributed by atoms with Crippen molar-refractivity contribution >= 4 is 29.0 Å². The highest BCUT2D eigenvalue weighted by Crippen LogP contribution is 2.20. The molecule has 1 N–H and O–H groups in total. The lowest BCUT2D eigenvalue weighted by atomic mass is 10.1. The van der Waals surface area contributed by atoms with Crippen molar-refractivity contribution in [3.05, 3.63) is 27.4 Å². The van der Waals surface area contributed by atoms with Crippen LogP contribution < -0.4 is 5.32 Å². The van der Waals surface area contributed by atoms with Crippen molar-refractivity contribution in [1.82, 2.24) is 9.88 Å². The maximum atomic E-state index is 12.0. The molecule has 0 aliphatic carbocycles. The summed E-state index contributed by atoms with van der Waals surface area (Å²) < 4.78 is 0. The second kappa shape index (κ2) is 7.21. The number of likely N-dealkylation sites (tertiary alicyclic amines) is 1. The molecule has 0 saturated carbocycles. The Labute approximate surface area is 127 Å². The quantitative estimate of drug-likeness (QED) is 0.512. The molecule has 0 aromatic carbocycles. The van der Waals surface area contributed by atoms with Crippen molar-refractivity contribution in [2.45, 2.75) is 25.7 Å². The minimum absolute atomic E-state index is 0.0501. The van der Waals surface area contributed by atoms with Gasteiger partial charge in [-0.3, -0.25) is 14.9 Å². The fourth-order valence-corrected chi connectivity index (χ4v) is 2.48. The average Bonchev–Trinajstić information content (AvgIpc) is 2.47. The number of carbonyl (C=O) groups is 1. The van der Waals surface area contributed by atoms with Crippen molar-refractivity contribution in [3.63, 3.8) is 0 Å². The van der Waals surface area contributed by atoms with Crippen molar-refractivity contribution in [2.75, 3.05) is 25.0 Å². The number of aromatic nitrogens is 1. The van der Waals surface area contributed by atoms with Crippen LogP contribution in [-0.4, -0.2) is 40.3 Å². The Morgan fingerprint density at radius 3 is 2.76 bits per heavy atom. The Morgan fingerprint density at radius 1 is 1.38 bits per heavy atom. The SMILES string of the molecule is O=C(CCNc1cc([N+](=O)[O-])cc(Cl)n1)N1CCCCC1. The molecule has 2 heterocycles. The van der Waals surface area contributed by atoms with Crippen LogP contribution in [0.4, 0.5) is 11.5 Å². The molecule has 1 saturated heterocycles. The van der Waals surface area contributed by atoms with Crippen LogP contribution in [0, 0.1) is 10.1 Å². The first-order chi connectivity index (χ1) is 10.1. The van der Waals surface area contributed by atoms with E-state index in [2.05, 4.69) is 10.3 Å². The molecule has 1 aromatic heterocycles. The van der Waals surface area contributed by atoms with Gasteiger partial charge in [-0.25, -0.2) is 4.98 Å². The van der Waals surface area contributed by atoms with Gasteiger partial charge in [0.25, 0.3) is 5.69 Å². The monoisotopic (exact) mass is 312 g/mol. The molecule has 1 aromatic rings. The molecule has 21 heavy (non-hydrogen) atoms. The lowest BCUT2D eigenvalue weighted by Crippen LogP contribution is -2.36. The van der Waals surface area contributed by atoms with Crippen LogP contribution in [0.25, 0.3) is 0 Å². The van der Waals surface area contributed by atoms with Crippen LogP contribution in [0.2, 0.25) is 5.15 Å². The van der Waals surface area contributed by atoms with Gasteiger partial charge in [-0.1, -0.05) is 11.6 Å². The lowest BCUT2D eigenvalue weighted by Gasteiger charge is -2.26. The summed E-state index contributed by atoms with van der Waals surface area (Å²) in [5.74, 6) is 0.402. The Morgan fingerprint density at radius 2 is 2.10 bits per heavy atom. The van der Waals surface area contributed by atoms with E-state index in [1.54, 1.807) is 0 Å². The van der Waals surface area contributed by atoms with E-state index < -0.39 is 4.92 Å². The van der Waals surface area contributed by atoms with Gasteiger partial charge in [-0.15, -0.1) is 0 Å². The van der Waals surface area contributed by atoms with Gasteiger partial charge in [0.05, 0.1) is 17.1 Å². The third-order valence-corrected chi connectivity index (χ3v) is 3.54. The van der Waals surface area contributed by atoms with Crippen molar-refractivity contribution in [3.8, 4) is 0 Å². The molecular weight excluding hydrogens is 296 g/mol. The minimum atomic E-state index is -0.530. The summed E-state index contributed by atoms with van der Waals surface area (Å²) in [5, 5.41) is 13.7. The summed E-state index contributed by atoms with van der Waals surface area (Å²) in [5.41, 5.74) is -0.125. The number of hydrogen-bond acceptors (Lipinski definition) is 5. The van der Waals surface area contributed by atoms with E-state index in [1.165, 1.54) is 18.6 Å². The van der Waals surface area contributed by atoms with E-state index >= 15 is 0 Å². The second-order valence-electron chi connectivity index (χ2n) is 4.91. The third kappa shape index (κ3) is 4.56. The molecule has 1 amide bonds. The van der Waals surface area contributed by atoms with Crippen molar-refractivity contribution in [1.29, 1.82) is 0 Å². The highest BCUT2D eigenvalue weighted by molar-refractivity contribution is 6.29. The van der Waals surface area contributed by atoms with Gasteiger partial charge in [0.15, 0.2) is 0 Å². The van der Waals surface area contributed by atoms with Crippen LogP contribution in [0.1, 0.15) is 25.7 Å². The maximum absolute atomic E-state index is 12.0. The number of nitrogens with one attached hydrogen (secondary N) is 1. The molecule has 8 heteroatoms. The number of nitrogens with zero attached hydrogens (tertiary/aromatic N) is 3. The van der Waals surface area contributed by atoms with Gasteiger partial charge in [-0.05, 0) is 19.3 Å². The van der Waals surface area contributed by atoms with Gasteiger partial charge >= 0.3 is 0 Å². The summed E-state index contributed by atoms with van der Waals surface area (Å²) >= 11 is 5.73. The zero-order valence-corrected chi connectivity index (χ0v) is 12.3. The normalized spacial score (nSPS) is 14.8. The minimum Gasteiger partial charge on any atom is -0.369 e. The number of nitro groups is 1. The summed E-state index contributed by atoms with van der Waals surface area (Å²) in [6.07, 6.45) is 3.63. The predicted molar refractivity (Wildman–Crippen MR) is 79.4 cm³/mol. The number of anilines is 1. The van der Waals surface area contributed by atoms with Gasteiger partial charge in [0.2, 0.25) is 5.91 Å². The molecule has 0 atom stereocenters. The molecule has 0 unspecified atom stereocenters. The largest absolute Gasteiger partial charge is 0.369 e. The molecule has 0 bridgehead atoms. The molecular formula is C13H17ClN4O3. The molecule has 1 aliphatic rings. The molecule has 7 nitrogen and oxygen atoms in total. The molecule has 2 rings (SSSR count). The Bertz CT molecular complexity index is 532. The van der Waals surface area contributed by atoms with E-state index in [0.717, 1.165) is 25.9 Å². The summed E-state index contributed by atoms with van der Waals surface area (Å²) in [6.45, 7) is 2.01. The van der Waals surface area contributed by atoms with Crippen LogP contribution in [0.3, 0.4) is 0 Å². The molecule has 0 spiro atoms. The molecule has 1 aliphatic heterocycles. The first-order valence-corrected chi connectivity index (χ1v) is 7.27.